The number of hydrogen-bond donors (Lipinski definition) is 2. The SMILES string of the molecule is CC(N)/C(C#N)=C1/C=CN([C@H]2C[C@H](O[Si](C)(C)C(C)(C)C)[C@@H](CO[Si](C)(C)C(C)(C)C)O2)C(=O)N1. The minimum absolute atomic E-state index is 0.0463. The van der Waals surface area contributed by atoms with Crippen molar-refractivity contribution in [2.75, 3.05) is 6.61 Å². The van der Waals surface area contributed by atoms with Crippen molar-refractivity contribution in [3.05, 3.63) is 23.5 Å². The third-order valence-corrected chi connectivity index (χ3v) is 16.9. The lowest BCUT2D eigenvalue weighted by molar-refractivity contribution is -0.0494. The average Bonchev–Trinajstić information content (AvgIpc) is 3.06. The molecule has 4 atom stereocenters. The average molecular weight is 523 g/mol. The molecule has 0 saturated carbocycles. The molecule has 35 heavy (non-hydrogen) atoms. The molecule has 2 aliphatic rings. The van der Waals surface area contributed by atoms with Crippen LogP contribution in [0.2, 0.25) is 36.3 Å². The number of hydrogen-bond acceptors (Lipinski definition) is 6. The van der Waals surface area contributed by atoms with Gasteiger partial charge in [-0.25, -0.2) is 4.79 Å². The minimum Gasteiger partial charge on any atom is -0.414 e. The second-order valence-corrected chi connectivity index (χ2v) is 22.3. The largest absolute Gasteiger partial charge is 0.414 e. The van der Waals surface area contributed by atoms with Gasteiger partial charge in [0.1, 0.15) is 12.3 Å². The monoisotopic (exact) mass is 522 g/mol. The molecule has 1 saturated heterocycles. The maximum Gasteiger partial charge on any atom is 0.328 e. The van der Waals surface area contributed by atoms with Crippen molar-refractivity contribution in [1.82, 2.24) is 10.2 Å². The molecule has 0 spiro atoms. The van der Waals surface area contributed by atoms with E-state index in [1.807, 2.05) is 0 Å². The number of allylic oxidation sites excluding steroid dienone is 1. The zero-order valence-electron chi connectivity index (χ0n) is 23.5. The number of ether oxygens (including phenoxy) is 1. The molecular formula is C25H46N4O4Si2. The lowest BCUT2D eigenvalue weighted by Crippen LogP contribution is -2.48. The fraction of sp³-hybridized carbons (Fsp3) is 0.760. The van der Waals surface area contributed by atoms with E-state index < -0.39 is 28.9 Å². The second-order valence-electron chi connectivity index (χ2n) is 12.7. The van der Waals surface area contributed by atoms with Gasteiger partial charge in [0.15, 0.2) is 16.6 Å². The Morgan fingerprint density at radius 3 is 2.26 bits per heavy atom. The number of nitrogens with zero attached hydrogens (tertiary/aromatic N) is 2. The topological polar surface area (TPSA) is 110 Å². The van der Waals surface area contributed by atoms with Gasteiger partial charge < -0.3 is 24.6 Å². The van der Waals surface area contributed by atoms with Crippen molar-refractivity contribution in [1.29, 1.82) is 5.26 Å². The Balaban J connectivity index is 2.29. The van der Waals surface area contributed by atoms with Gasteiger partial charge in [-0.2, -0.15) is 5.26 Å². The molecule has 1 unspecified atom stereocenters. The predicted octanol–water partition coefficient (Wildman–Crippen LogP) is 5.18. The fourth-order valence-corrected chi connectivity index (χ4v) is 5.81. The molecule has 2 amide bonds. The molecule has 2 heterocycles. The molecule has 2 rings (SSSR count). The molecule has 0 bridgehead atoms. The number of nitrogens with two attached hydrogens (primary N) is 1. The Morgan fingerprint density at radius 2 is 1.80 bits per heavy atom. The first kappa shape index (κ1) is 29.7. The summed E-state index contributed by atoms with van der Waals surface area (Å²) in [5.74, 6) is 0. The van der Waals surface area contributed by atoms with Crippen molar-refractivity contribution < 1.29 is 18.4 Å². The van der Waals surface area contributed by atoms with Crippen LogP contribution in [0.25, 0.3) is 0 Å². The number of carbonyl (C=O) groups excluding carboxylic acids is 1. The van der Waals surface area contributed by atoms with Crippen LogP contribution in [0, 0.1) is 11.3 Å². The Kier molecular flexibility index (Phi) is 8.90. The number of nitrogens with one attached hydrogen (secondary N) is 1. The summed E-state index contributed by atoms with van der Waals surface area (Å²) in [4.78, 5) is 14.5. The summed E-state index contributed by atoms with van der Waals surface area (Å²) in [5.41, 5.74) is 6.64. The highest BCUT2D eigenvalue weighted by atomic mass is 28.4. The van der Waals surface area contributed by atoms with Gasteiger partial charge in [0.05, 0.1) is 30.1 Å². The van der Waals surface area contributed by atoms with Crippen LogP contribution in [0.1, 0.15) is 54.9 Å². The molecule has 0 aliphatic carbocycles. The van der Waals surface area contributed by atoms with E-state index in [0.29, 0.717) is 24.3 Å². The summed E-state index contributed by atoms with van der Waals surface area (Å²) in [7, 11) is -4.07. The highest BCUT2D eigenvalue weighted by Crippen LogP contribution is 2.41. The van der Waals surface area contributed by atoms with Crippen LogP contribution in [0.4, 0.5) is 4.79 Å². The van der Waals surface area contributed by atoms with Crippen molar-refractivity contribution in [2.45, 2.75) is 116 Å². The van der Waals surface area contributed by atoms with Crippen molar-refractivity contribution in [3.8, 4) is 6.07 Å². The Morgan fingerprint density at radius 1 is 1.23 bits per heavy atom. The molecule has 10 heteroatoms. The quantitative estimate of drug-likeness (QED) is 0.352. The predicted molar refractivity (Wildman–Crippen MR) is 144 cm³/mol. The van der Waals surface area contributed by atoms with Crippen LogP contribution in [0.3, 0.4) is 0 Å². The van der Waals surface area contributed by atoms with Gasteiger partial charge in [0.2, 0.25) is 0 Å². The third-order valence-electron chi connectivity index (χ3n) is 7.90. The van der Waals surface area contributed by atoms with E-state index in [2.05, 4.69) is 79.1 Å². The van der Waals surface area contributed by atoms with E-state index in [-0.39, 0.29) is 28.3 Å². The molecule has 1 fully saturated rings. The molecular weight excluding hydrogens is 476 g/mol. The van der Waals surface area contributed by atoms with E-state index in [4.69, 9.17) is 19.3 Å². The van der Waals surface area contributed by atoms with Gasteiger partial charge in [-0.1, -0.05) is 41.5 Å². The van der Waals surface area contributed by atoms with Crippen LogP contribution < -0.4 is 11.1 Å². The van der Waals surface area contributed by atoms with Crippen molar-refractivity contribution in [2.24, 2.45) is 5.73 Å². The molecule has 0 aromatic rings. The van der Waals surface area contributed by atoms with Gasteiger partial charge in [0, 0.05) is 18.7 Å². The highest BCUT2D eigenvalue weighted by molar-refractivity contribution is 6.74. The summed E-state index contributed by atoms with van der Waals surface area (Å²) < 4.78 is 19.7. The van der Waals surface area contributed by atoms with Gasteiger partial charge in [-0.15, -0.1) is 0 Å². The van der Waals surface area contributed by atoms with Crippen LogP contribution in [-0.2, 0) is 13.6 Å². The van der Waals surface area contributed by atoms with Crippen LogP contribution in [0.15, 0.2) is 23.5 Å². The summed E-state index contributed by atoms with van der Waals surface area (Å²) in [5, 5.41) is 12.3. The number of amides is 2. The van der Waals surface area contributed by atoms with E-state index >= 15 is 0 Å². The first-order valence-corrected chi connectivity index (χ1v) is 18.3. The Labute approximate surface area is 214 Å². The fourth-order valence-electron chi connectivity index (χ4n) is 3.44. The van der Waals surface area contributed by atoms with Crippen molar-refractivity contribution >= 4 is 22.7 Å². The Bertz CT molecular complexity index is 895. The van der Waals surface area contributed by atoms with E-state index in [9.17, 15) is 10.1 Å². The lowest BCUT2D eigenvalue weighted by Gasteiger charge is -2.40. The molecule has 2 aliphatic heterocycles. The number of carbonyl (C=O) groups is 1. The minimum atomic E-state index is -2.08. The maximum atomic E-state index is 13.0. The summed E-state index contributed by atoms with van der Waals surface area (Å²) in [6.45, 7) is 24.4. The molecule has 0 aromatic heterocycles. The molecule has 8 nitrogen and oxygen atoms in total. The smallest absolute Gasteiger partial charge is 0.328 e. The van der Waals surface area contributed by atoms with Gasteiger partial charge >= 0.3 is 6.03 Å². The normalized spacial score (nSPS) is 26.4. The lowest BCUT2D eigenvalue weighted by atomic mass is 10.1. The van der Waals surface area contributed by atoms with E-state index in [1.54, 1.807) is 19.2 Å². The molecule has 3 N–H and O–H groups in total. The maximum absolute atomic E-state index is 13.0. The Hall–Kier alpha value is -1.49. The van der Waals surface area contributed by atoms with Gasteiger partial charge in [0.25, 0.3) is 0 Å². The van der Waals surface area contributed by atoms with Crippen LogP contribution >= 0.6 is 0 Å². The third kappa shape index (κ3) is 6.84. The summed E-state index contributed by atoms with van der Waals surface area (Å²) in [6.07, 6.45) is 2.97. The summed E-state index contributed by atoms with van der Waals surface area (Å²) in [6, 6.07) is 1.26. The molecule has 0 aromatic carbocycles. The molecule has 198 valence electrons. The zero-order valence-corrected chi connectivity index (χ0v) is 25.5. The first-order valence-electron chi connectivity index (χ1n) is 12.5. The molecule has 0 radical (unpaired) electrons. The summed E-state index contributed by atoms with van der Waals surface area (Å²) >= 11 is 0. The van der Waals surface area contributed by atoms with E-state index in [0.717, 1.165) is 0 Å². The van der Waals surface area contributed by atoms with Crippen LogP contribution in [-0.4, -0.2) is 58.7 Å². The van der Waals surface area contributed by atoms with Gasteiger partial charge in [-0.3, -0.25) is 4.90 Å². The standard InChI is InChI=1S/C25H46N4O4Si2/c1-17(27)18(15-26)19-12-13-29(23(30)28-19)22-14-20(33-35(10,11)25(5,6)7)21(32-22)16-31-34(8,9)24(2,3)4/h12-13,17,20-22H,14,16,27H2,1-11H3,(H,28,30)/b19-18-/t17?,20-,21+,22+/m0/s1. The second kappa shape index (κ2) is 10.5. The van der Waals surface area contributed by atoms with E-state index in [1.165, 1.54) is 4.90 Å². The highest BCUT2D eigenvalue weighted by Gasteiger charge is 2.48. The number of nitriles is 1. The van der Waals surface area contributed by atoms with Gasteiger partial charge in [-0.05, 0) is 49.3 Å². The first-order chi connectivity index (χ1) is 15.8. The van der Waals surface area contributed by atoms with Crippen LogP contribution in [0.5, 0.6) is 0 Å². The number of rotatable bonds is 7. The zero-order chi connectivity index (χ0) is 27.0. The number of urea groups is 1. The van der Waals surface area contributed by atoms with Crippen molar-refractivity contribution in [3.63, 3.8) is 0 Å².